The number of carbonyl (C=O) groups is 1. The molecule has 2 atom stereocenters. The Morgan fingerprint density at radius 3 is 2.38 bits per heavy atom. The van der Waals surface area contributed by atoms with Gasteiger partial charge in [0.1, 0.15) is 0 Å². The molecule has 0 aromatic heterocycles. The molecular weight excluding hydrogens is 320 g/mol. The molecule has 0 saturated heterocycles. The third-order valence-electron chi connectivity index (χ3n) is 5.97. The maximum atomic E-state index is 13.0. The first kappa shape index (κ1) is 19.3. The van der Waals surface area contributed by atoms with Crippen LogP contribution < -0.4 is 5.73 Å². The Balaban J connectivity index is 0.00000208. The summed E-state index contributed by atoms with van der Waals surface area (Å²) in [6.07, 6.45) is 6.71. The molecule has 3 nitrogen and oxygen atoms in total. The molecular formula is C20H31ClN2O. The van der Waals surface area contributed by atoms with Gasteiger partial charge in [0.15, 0.2) is 0 Å². The number of fused-ring (bicyclic) bond motifs is 2. The SMILES string of the molecule is CCN(CCc1ccccc1)C(=O)C1CC2CCCC(C1)C2N.Cl. The van der Waals surface area contributed by atoms with Crippen molar-refractivity contribution in [1.82, 2.24) is 4.90 Å². The van der Waals surface area contributed by atoms with Crippen molar-refractivity contribution in [2.45, 2.75) is 51.5 Å². The van der Waals surface area contributed by atoms with E-state index < -0.39 is 0 Å². The molecule has 2 aliphatic carbocycles. The largest absolute Gasteiger partial charge is 0.342 e. The van der Waals surface area contributed by atoms with Crippen molar-refractivity contribution in [2.24, 2.45) is 23.5 Å². The van der Waals surface area contributed by atoms with Gasteiger partial charge in [0.05, 0.1) is 0 Å². The molecule has 2 fully saturated rings. The quantitative estimate of drug-likeness (QED) is 0.881. The van der Waals surface area contributed by atoms with Crippen LogP contribution in [0.15, 0.2) is 30.3 Å². The average Bonchev–Trinajstić information content (AvgIpc) is 2.56. The fraction of sp³-hybridized carbons (Fsp3) is 0.650. The fourth-order valence-electron chi connectivity index (χ4n) is 4.58. The number of rotatable bonds is 5. The zero-order valence-electron chi connectivity index (χ0n) is 14.7. The third-order valence-corrected chi connectivity index (χ3v) is 5.97. The Kier molecular flexibility index (Phi) is 7.12. The van der Waals surface area contributed by atoms with Crippen molar-refractivity contribution < 1.29 is 4.79 Å². The number of hydrogen-bond acceptors (Lipinski definition) is 2. The van der Waals surface area contributed by atoms with Crippen LogP contribution in [0.3, 0.4) is 0 Å². The Hall–Kier alpha value is -1.06. The van der Waals surface area contributed by atoms with E-state index in [1.54, 1.807) is 0 Å². The Morgan fingerprint density at radius 1 is 1.17 bits per heavy atom. The van der Waals surface area contributed by atoms with Crippen LogP contribution in [0.5, 0.6) is 0 Å². The minimum Gasteiger partial charge on any atom is -0.342 e. The lowest BCUT2D eigenvalue weighted by molar-refractivity contribution is -0.138. The van der Waals surface area contributed by atoms with Gasteiger partial charge in [0, 0.05) is 25.0 Å². The summed E-state index contributed by atoms with van der Waals surface area (Å²) >= 11 is 0. The van der Waals surface area contributed by atoms with Gasteiger partial charge in [0.25, 0.3) is 0 Å². The van der Waals surface area contributed by atoms with Crippen LogP contribution in [0.4, 0.5) is 0 Å². The highest BCUT2D eigenvalue weighted by Crippen LogP contribution is 2.42. The first-order valence-corrected chi connectivity index (χ1v) is 9.27. The molecule has 0 aliphatic heterocycles. The monoisotopic (exact) mass is 350 g/mol. The molecule has 2 unspecified atom stereocenters. The molecule has 2 N–H and O–H groups in total. The molecule has 134 valence electrons. The standard InChI is InChI=1S/C20H30N2O.ClH/c1-2-22(12-11-15-7-4-3-5-8-15)20(23)18-13-16-9-6-10-17(14-18)19(16)21;/h3-5,7-8,16-19H,2,6,9-14,21H2,1H3;1H. The molecule has 2 aliphatic rings. The molecule has 1 aromatic rings. The summed E-state index contributed by atoms with van der Waals surface area (Å²) in [5.41, 5.74) is 7.67. The number of nitrogens with two attached hydrogens (primary N) is 1. The first-order chi connectivity index (χ1) is 11.2. The molecule has 2 bridgehead atoms. The zero-order chi connectivity index (χ0) is 16.2. The van der Waals surface area contributed by atoms with Crippen molar-refractivity contribution in [3.63, 3.8) is 0 Å². The lowest BCUT2D eigenvalue weighted by atomic mass is 9.65. The van der Waals surface area contributed by atoms with Gasteiger partial charge in [-0.3, -0.25) is 4.79 Å². The molecule has 1 amide bonds. The number of likely N-dealkylation sites (N-methyl/N-ethyl adjacent to an activating group) is 1. The van der Waals surface area contributed by atoms with Gasteiger partial charge < -0.3 is 10.6 Å². The Morgan fingerprint density at radius 2 is 1.79 bits per heavy atom. The van der Waals surface area contributed by atoms with Crippen LogP contribution in [-0.4, -0.2) is 29.9 Å². The van der Waals surface area contributed by atoms with Crippen molar-refractivity contribution in [2.75, 3.05) is 13.1 Å². The third kappa shape index (κ3) is 4.31. The summed E-state index contributed by atoms with van der Waals surface area (Å²) in [6.45, 7) is 3.74. The van der Waals surface area contributed by atoms with Crippen molar-refractivity contribution in [3.05, 3.63) is 35.9 Å². The van der Waals surface area contributed by atoms with Crippen molar-refractivity contribution in [3.8, 4) is 0 Å². The molecule has 0 heterocycles. The number of amides is 1. The molecule has 24 heavy (non-hydrogen) atoms. The highest BCUT2D eigenvalue weighted by molar-refractivity contribution is 5.85. The van der Waals surface area contributed by atoms with Crippen LogP contribution in [0.25, 0.3) is 0 Å². The Labute approximate surface area is 152 Å². The highest BCUT2D eigenvalue weighted by atomic mass is 35.5. The molecule has 3 rings (SSSR count). The van der Waals surface area contributed by atoms with E-state index in [9.17, 15) is 4.79 Å². The van der Waals surface area contributed by atoms with E-state index in [2.05, 4.69) is 36.1 Å². The topological polar surface area (TPSA) is 46.3 Å². The van der Waals surface area contributed by atoms with E-state index in [0.29, 0.717) is 23.8 Å². The molecule has 2 saturated carbocycles. The summed E-state index contributed by atoms with van der Waals surface area (Å²) in [7, 11) is 0. The van der Waals surface area contributed by atoms with E-state index in [1.807, 2.05) is 6.07 Å². The van der Waals surface area contributed by atoms with Gasteiger partial charge in [-0.2, -0.15) is 0 Å². The van der Waals surface area contributed by atoms with Crippen LogP contribution in [0, 0.1) is 17.8 Å². The van der Waals surface area contributed by atoms with E-state index in [1.165, 1.54) is 24.8 Å². The minimum absolute atomic E-state index is 0. The average molecular weight is 351 g/mol. The second-order valence-corrected chi connectivity index (χ2v) is 7.35. The van der Waals surface area contributed by atoms with Crippen LogP contribution >= 0.6 is 12.4 Å². The summed E-state index contributed by atoms with van der Waals surface area (Å²) in [4.78, 5) is 15.0. The number of halogens is 1. The normalized spacial score (nSPS) is 28.8. The van der Waals surface area contributed by atoms with Gasteiger partial charge in [-0.25, -0.2) is 0 Å². The first-order valence-electron chi connectivity index (χ1n) is 9.27. The number of carbonyl (C=O) groups excluding carboxylic acids is 1. The number of hydrogen-bond donors (Lipinski definition) is 1. The number of nitrogens with zero attached hydrogens (tertiary/aromatic N) is 1. The Bertz CT molecular complexity index is 508. The maximum Gasteiger partial charge on any atom is 0.225 e. The minimum atomic E-state index is 0. The van der Waals surface area contributed by atoms with Gasteiger partial charge in [-0.1, -0.05) is 36.8 Å². The second kappa shape index (κ2) is 8.87. The molecule has 4 heteroatoms. The summed E-state index contributed by atoms with van der Waals surface area (Å²) < 4.78 is 0. The molecule has 0 spiro atoms. The highest BCUT2D eigenvalue weighted by Gasteiger charge is 2.41. The predicted molar refractivity (Wildman–Crippen MR) is 101 cm³/mol. The fourth-order valence-corrected chi connectivity index (χ4v) is 4.58. The van der Waals surface area contributed by atoms with Crippen molar-refractivity contribution in [1.29, 1.82) is 0 Å². The van der Waals surface area contributed by atoms with Crippen molar-refractivity contribution >= 4 is 18.3 Å². The van der Waals surface area contributed by atoms with E-state index in [4.69, 9.17) is 5.73 Å². The molecule has 0 radical (unpaired) electrons. The van der Waals surface area contributed by atoms with Crippen LogP contribution in [0.2, 0.25) is 0 Å². The molecule has 1 aromatic carbocycles. The smallest absolute Gasteiger partial charge is 0.225 e. The van der Waals surface area contributed by atoms with Gasteiger partial charge in [-0.05, 0) is 56.4 Å². The summed E-state index contributed by atoms with van der Waals surface area (Å²) in [5, 5.41) is 0. The predicted octanol–water partition coefficient (Wildman–Crippen LogP) is 3.65. The number of benzene rings is 1. The zero-order valence-corrected chi connectivity index (χ0v) is 15.5. The lowest BCUT2D eigenvalue weighted by Gasteiger charge is -2.44. The van der Waals surface area contributed by atoms with E-state index >= 15 is 0 Å². The van der Waals surface area contributed by atoms with E-state index in [0.717, 1.165) is 32.4 Å². The van der Waals surface area contributed by atoms with E-state index in [-0.39, 0.29) is 18.3 Å². The van der Waals surface area contributed by atoms with Crippen LogP contribution in [0.1, 0.15) is 44.6 Å². The summed E-state index contributed by atoms with van der Waals surface area (Å²) in [5.74, 6) is 1.72. The van der Waals surface area contributed by atoms with Gasteiger partial charge in [-0.15, -0.1) is 12.4 Å². The lowest BCUT2D eigenvalue weighted by Crippen LogP contribution is -2.50. The summed E-state index contributed by atoms with van der Waals surface area (Å²) in [6, 6.07) is 10.8. The van der Waals surface area contributed by atoms with Gasteiger partial charge in [0.2, 0.25) is 5.91 Å². The second-order valence-electron chi connectivity index (χ2n) is 7.35. The van der Waals surface area contributed by atoms with Crippen LogP contribution in [-0.2, 0) is 11.2 Å². The van der Waals surface area contributed by atoms with Gasteiger partial charge >= 0.3 is 0 Å². The maximum absolute atomic E-state index is 13.0.